The minimum atomic E-state index is -0.459. The molecular formula is C21H23Cl2N3O4. The van der Waals surface area contributed by atoms with Crippen LogP contribution < -0.4 is 20.9 Å². The summed E-state index contributed by atoms with van der Waals surface area (Å²) < 4.78 is 5.50. The zero-order valence-electron chi connectivity index (χ0n) is 16.5. The van der Waals surface area contributed by atoms with Gasteiger partial charge in [0, 0.05) is 29.1 Å². The number of hydrazine groups is 1. The quantitative estimate of drug-likeness (QED) is 0.389. The number of nitrogens with one attached hydrogen (secondary N) is 3. The Bertz CT molecular complexity index is 888. The van der Waals surface area contributed by atoms with Crippen LogP contribution in [0, 0.1) is 0 Å². The second kappa shape index (κ2) is 12.0. The molecule has 3 N–H and O–H groups in total. The summed E-state index contributed by atoms with van der Waals surface area (Å²) in [5.41, 5.74) is 5.66. The van der Waals surface area contributed by atoms with Gasteiger partial charge in [0.15, 0.2) is 0 Å². The molecule has 2 rings (SSSR count). The van der Waals surface area contributed by atoms with Crippen LogP contribution in [0.1, 0.15) is 43.0 Å². The van der Waals surface area contributed by atoms with Crippen LogP contribution in [0.3, 0.4) is 0 Å². The van der Waals surface area contributed by atoms with E-state index in [4.69, 9.17) is 27.9 Å². The fourth-order valence-corrected chi connectivity index (χ4v) is 2.89. The van der Waals surface area contributed by atoms with E-state index in [-0.39, 0.29) is 24.8 Å². The molecule has 2 aromatic carbocycles. The van der Waals surface area contributed by atoms with E-state index in [1.807, 2.05) is 6.92 Å². The minimum absolute atomic E-state index is 0.0794. The van der Waals surface area contributed by atoms with Crippen LogP contribution >= 0.6 is 23.2 Å². The lowest BCUT2D eigenvalue weighted by molar-refractivity contribution is -0.122. The van der Waals surface area contributed by atoms with Crippen molar-refractivity contribution in [2.24, 2.45) is 0 Å². The molecule has 0 aromatic heterocycles. The highest BCUT2D eigenvalue weighted by molar-refractivity contribution is 6.35. The Labute approximate surface area is 185 Å². The molecule has 0 unspecified atom stereocenters. The largest absolute Gasteiger partial charge is 0.492 e. The summed E-state index contributed by atoms with van der Waals surface area (Å²) in [6, 6.07) is 11.3. The molecule has 160 valence electrons. The Morgan fingerprint density at radius 3 is 2.33 bits per heavy atom. The van der Waals surface area contributed by atoms with E-state index < -0.39 is 5.91 Å². The minimum Gasteiger partial charge on any atom is -0.492 e. The predicted molar refractivity (Wildman–Crippen MR) is 117 cm³/mol. The molecule has 0 heterocycles. The highest BCUT2D eigenvalue weighted by Crippen LogP contribution is 2.27. The van der Waals surface area contributed by atoms with Gasteiger partial charge in [0.25, 0.3) is 5.91 Å². The Morgan fingerprint density at radius 2 is 1.67 bits per heavy atom. The van der Waals surface area contributed by atoms with Gasteiger partial charge in [-0.25, -0.2) is 0 Å². The first-order valence-electron chi connectivity index (χ1n) is 9.46. The summed E-state index contributed by atoms with van der Waals surface area (Å²) in [5, 5.41) is 3.65. The van der Waals surface area contributed by atoms with Crippen LogP contribution in [0.5, 0.6) is 5.75 Å². The average Bonchev–Trinajstić information content (AvgIpc) is 2.71. The van der Waals surface area contributed by atoms with Crippen LogP contribution in [0.15, 0.2) is 42.5 Å². The van der Waals surface area contributed by atoms with Crippen molar-refractivity contribution < 1.29 is 19.1 Å². The molecule has 0 aliphatic heterocycles. The van der Waals surface area contributed by atoms with Crippen molar-refractivity contribution in [1.82, 2.24) is 10.9 Å². The van der Waals surface area contributed by atoms with Crippen LogP contribution in [0.2, 0.25) is 10.0 Å². The number of rotatable bonds is 9. The number of hydrogen-bond donors (Lipinski definition) is 3. The molecule has 2 aromatic rings. The van der Waals surface area contributed by atoms with Gasteiger partial charge in [-0.2, -0.15) is 0 Å². The molecule has 3 amide bonds. The molecule has 30 heavy (non-hydrogen) atoms. The van der Waals surface area contributed by atoms with Crippen LogP contribution in [-0.2, 0) is 9.59 Å². The maximum atomic E-state index is 12.1. The van der Waals surface area contributed by atoms with E-state index in [1.54, 1.807) is 42.5 Å². The fraction of sp³-hybridized carbons (Fsp3) is 0.286. The second-order valence-electron chi connectivity index (χ2n) is 6.40. The van der Waals surface area contributed by atoms with Gasteiger partial charge >= 0.3 is 0 Å². The molecule has 0 atom stereocenters. The van der Waals surface area contributed by atoms with Crippen LogP contribution in [-0.4, -0.2) is 24.3 Å². The van der Waals surface area contributed by atoms with Gasteiger partial charge in [-0.05, 0) is 55.3 Å². The smallest absolute Gasteiger partial charge is 0.269 e. The molecule has 0 aliphatic carbocycles. The number of hydrogen-bond acceptors (Lipinski definition) is 4. The SMILES string of the molecule is CCCC(=O)Nc1ccc(C(=O)NNC(=O)CCCOc2ccc(Cl)cc2Cl)cc1. The van der Waals surface area contributed by atoms with Gasteiger partial charge < -0.3 is 10.1 Å². The predicted octanol–water partition coefficient (Wildman–Crippen LogP) is 4.35. The number of anilines is 1. The van der Waals surface area contributed by atoms with Crippen molar-refractivity contribution in [3.05, 3.63) is 58.1 Å². The van der Waals surface area contributed by atoms with Crippen molar-refractivity contribution >= 4 is 46.6 Å². The van der Waals surface area contributed by atoms with Gasteiger partial charge in [0.05, 0.1) is 11.6 Å². The third-order valence-corrected chi connectivity index (χ3v) is 4.45. The molecule has 7 nitrogen and oxygen atoms in total. The molecule has 0 aliphatic rings. The first-order chi connectivity index (χ1) is 14.4. The lowest BCUT2D eigenvalue weighted by Gasteiger charge is -2.10. The highest BCUT2D eigenvalue weighted by atomic mass is 35.5. The average molecular weight is 452 g/mol. The first kappa shape index (κ1) is 23.5. The molecule has 0 spiro atoms. The fourth-order valence-electron chi connectivity index (χ4n) is 2.42. The molecule has 0 saturated heterocycles. The van der Waals surface area contributed by atoms with Gasteiger partial charge in [0.2, 0.25) is 11.8 Å². The Morgan fingerprint density at radius 1 is 0.933 bits per heavy atom. The van der Waals surface area contributed by atoms with Gasteiger partial charge in [0.1, 0.15) is 5.75 Å². The number of amides is 3. The van der Waals surface area contributed by atoms with Crippen LogP contribution in [0.25, 0.3) is 0 Å². The lowest BCUT2D eigenvalue weighted by atomic mass is 10.2. The van der Waals surface area contributed by atoms with E-state index in [9.17, 15) is 14.4 Å². The third kappa shape index (κ3) is 7.93. The summed E-state index contributed by atoms with van der Waals surface area (Å²) in [7, 11) is 0. The van der Waals surface area contributed by atoms with Crippen molar-refractivity contribution in [3.63, 3.8) is 0 Å². The Balaban J connectivity index is 1.68. The number of halogens is 2. The molecule has 0 fully saturated rings. The summed E-state index contributed by atoms with van der Waals surface area (Å²) in [6.45, 7) is 2.21. The number of carbonyl (C=O) groups excluding carboxylic acids is 3. The topological polar surface area (TPSA) is 96.5 Å². The molecular weight excluding hydrogens is 429 g/mol. The zero-order chi connectivity index (χ0) is 21.9. The molecule has 0 radical (unpaired) electrons. The van der Waals surface area contributed by atoms with E-state index >= 15 is 0 Å². The summed E-state index contributed by atoms with van der Waals surface area (Å²) in [5.74, 6) is -0.398. The zero-order valence-corrected chi connectivity index (χ0v) is 18.0. The van der Waals surface area contributed by atoms with Gasteiger partial charge in [-0.3, -0.25) is 25.2 Å². The van der Waals surface area contributed by atoms with E-state index in [2.05, 4.69) is 16.2 Å². The number of benzene rings is 2. The van der Waals surface area contributed by atoms with Crippen LogP contribution in [0.4, 0.5) is 5.69 Å². The third-order valence-electron chi connectivity index (χ3n) is 3.92. The summed E-state index contributed by atoms with van der Waals surface area (Å²) in [4.78, 5) is 35.5. The number of ether oxygens (including phenoxy) is 1. The summed E-state index contributed by atoms with van der Waals surface area (Å²) in [6.07, 6.45) is 1.79. The molecule has 9 heteroatoms. The Hall–Kier alpha value is -2.77. The second-order valence-corrected chi connectivity index (χ2v) is 7.25. The number of carbonyl (C=O) groups is 3. The van der Waals surface area contributed by atoms with E-state index in [0.717, 1.165) is 6.42 Å². The first-order valence-corrected chi connectivity index (χ1v) is 10.2. The standard InChI is InChI=1S/C21H23Cl2N3O4/c1-2-4-19(27)24-16-9-6-14(7-10-16)21(29)26-25-20(28)5-3-12-30-18-11-8-15(22)13-17(18)23/h6-11,13H,2-5,12H2,1H3,(H,24,27)(H,25,28)(H,26,29). The maximum Gasteiger partial charge on any atom is 0.269 e. The van der Waals surface area contributed by atoms with Crippen molar-refractivity contribution in [2.75, 3.05) is 11.9 Å². The van der Waals surface area contributed by atoms with E-state index in [0.29, 0.717) is 39.9 Å². The van der Waals surface area contributed by atoms with Gasteiger partial charge in [-0.15, -0.1) is 0 Å². The normalized spacial score (nSPS) is 10.2. The Kier molecular flexibility index (Phi) is 9.44. The van der Waals surface area contributed by atoms with Crippen molar-refractivity contribution in [1.29, 1.82) is 0 Å². The maximum absolute atomic E-state index is 12.1. The molecule has 0 saturated carbocycles. The lowest BCUT2D eigenvalue weighted by Crippen LogP contribution is -2.41. The highest BCUT2D eigenvalue weighted by Gasteiger charge is 2.09. The summed E-state index contributed by atoms with van der Waals surface area (Å²) >= 11 is 11.8. The van der Waals surface area contributed by atoms with Gasteiger partial charge in [-0.1, -0.05) is 30.1 Å². The van der Waals surface area contributed by atoms with Crippen molar-refractivity contribution in [2.45, 2.75) is 32.6 Å². The van der Waals surface area contributed by atoms with Crippen molar-refractivity contribution in [3.8, 4) is 5.75 Å². The molecule has 0 bridgehead atoms. The van der Waals surface area contributed by atoms with E-state index in [1.165, 1.54) is 0 Å². The monoisotopic (exact) mass is 451 g/mol.